The number of fused-ring (bicyclic) bond motifs is 1. The summed E-state index contributed by atoms with van der Waals surface area (Å²) in [5, 5.41) is 8.49. The van der Waals surface area contributed by atoms with E-state index in [9.17, 15) is 13.2 Å². The highest BCUT2D eigenvalue weighted by Gasteiger charge is 2.18. The Kier molecular flexibility index (Phi) is 3.68. The first-order valence-corrected chi connectivity index (χ1v) is 7.30. The lowest BCUT2D eigenvalue weighted by Crippen LogP contribution is -2.29. The first kappa shape index (κ1) is 13.0. The van der Waals surface area contributed by atoms with Gasteiger partial charge in [0.1, 0.15) is 6.54 Å². The van der Waals surface area contributed by atoms with Gasteiger partial charge >= 0.3 is 5.97 Å². The third-order valence-corrected chi connectivity index (χ3v) is 4.44. The summed E-state index contributed by atoms with van der Waals surface area (Å²) in [5.74, 6) is -1.20. The summed E-state index contributed by atoms with van der Waals surface area (Å²) < 4.78 is 25.8. The molecule has 98 valence electrons. The number of aliphatic carboxylic acids is 1. The summed E-state index contributed by atoms with van der Waals surface area (Å²) in [6, 6.07) is 5.01. The Morgan fingerprint density at radius 3 is 2.56 bits per heavy atom. The average Bonchev–Trinajstić information content (AvgIpc) is 2.36. The van der Waals surface area contributed by atoms with Crippen LogP contribution in [0.1, 0.15) is 24.0 Å². The van der Waals surface area contributed by atoms with Gasteiger partial charge in [0, 0.05) is 0 Å². The quantitative estimate of drug-likeness (QED) is 0.851. The van der Waals surface area contributed by atoms with Crippen LogP contribution in [-0.2, 0) is 27.7 Å². The number of nitrogens with one attached hydrogen (secondary N) is 1. The lowest BCUT2D eigenvalue weighted by Gasteiger charge is -2.16. The second kappa shape index (κ2) is 5.07. The van der Waals surface area contributed by atoms with Crippen LogP contribution < -0.4 is 4.72 Å². The predicted molar refractivity (Wildman–Crippen MR) is 65.9 cm³/mol. The first-order valence-electron chi connectivity index (χ1n) is 5.82. The molecule has 0 bridgehead atoms. The molecule has 0 spiro atoms. The van der Waals surface area contributed by atoms with E-state index in [0.717, 1.165) is 31.2 Å². The van der Waals surface area contributed by atoms with Gasteiger partial charge in [0.25, 0.3) is 0 Å². The van der Waals surface area contributed by atoms with E-state index >= 15 is 0 Å². The van der Waals surface area contributed by atoms with Gasteiger partial charge in [0.2, 0.25) is 10.0 Å². The van der Waals surface area contributed by atoms with E-state index in [2.05, 4.69) is 4.72 Å². The molecule has 0 heterocycles. The fourth-order valence-electron chi connectivity index (χ4n) is 2.12. The number of hydrogen-bond acceptors (Lipinski definition) is 3. The van der Waals surface area contributed by atoms with Crippen molar-refractivity contribution >= 4 is 16.0 Å². The van der Waals surface area contributed by atoms with Crippen molar-refractivity contribution in [2.45, 2.75) is 30.6 Å². The van der Waals surface area contributed by atoms with Crippen molar-refractivity contribution in [2.75, 3.05) is 6.54 Å². The molecule has 1 aromatic carbocycles. The molecule has 1 aromatic rings. The minimum Gasteiger partial charge on any atom is -0.480 e. The van der Waals surface area contributed by atoms with Crippen molar-refractivity contribution in [1.29, 1.82) is 0 Å². The number of carboxylic acid groups (broad SMARTS) is 1. The lowest BCUT2D eigenvalue weighted by molar-refractivity contribution is -0.135. The molecule has 0 aliphatic heterocycles. The van der Waals surface area contributed by atoms with E-state index in [1.807, 2.05) is 6.07 Å². The predicted octanol–water partition coefficient (Wildman–Crippen LogP) is 0.928. The van der Waals surface area contributed by atoms with Gasteiger partial charge in [-0.3, -0.25) is 4.79 Å². The van der Waals surface area contributed by atoms with E-state index in [-0.39, 0.29) is 4.90 Å². The van der Waals surface area contributed by atoms with Gasteiger partial charge in [-0.2, -0.15) is 4.72 Å². The van der Waals surface area contributed by atoms with E-state index in [1.165, 1.54) is 11.6 Å². The summed E-state index contributed by atoms with van der Waals surface area (Å²) in [4.78, 5) is 10.5. The molecule has 2 N–H and O–H groups in total. The van der Waals surface area contributed by atoms with Gasteiger partial charge in [0.05, 0.1) is 4.90 Å². The Labute approximate surface area is 106 Å². The zero-order chi connectivity index (χ0) is 13.2. The van der Waals surface area contributed by atoms with Gasteiger partial charge < -0.3 is 5.11 Å². The summed E-state index contributed by atoms with van der Waals surface area (Å²) >= 11 is 0. The van der Waals surface area contributed by atoms with Crippen LogP contribution in [0.5, 0.6) is 0 Å². The molecule has 6 heteroatoms. The molecule has 0 aromatic heterocycles. The van der Waals surface area contributed by atoms with E-state index in [4.69, 9.17) is 5.11 Å². The zero-order valence-corrected chi connectivity index (χ0v) is 10.7. The van der Waals surface area contributed by atoms with Crippen molar-refractivity contribution in [3.05, 3.63) is 29.3 Å². The van der Waals surface area contributed by atoms with E-state index < -0.39 is 22.5 Å². The van der Waals surface area contributed by atoms with Gasteiger partial charge in [-0.1, -0.05) is 6.07 Å². The lowest BCUT2D eigenvalue weighted by atomic mass is 9.92. The highest BCUT2D eigenvalue weighted by molar-refractivity contribution is 7.89. The minimum absolute atomic E-state index is 0.143. The number of sulfonamides is 1. The molecule has 1 aliphatic carbocycles. The molecule has 18 heavy (non-hydrogen) atoms. The third kappa shape index (κ3) is 2.88. The van der Waals surface area contributed by atoms with Gasteiger partial charge in [-0.15, -0.1) is 0 Å². The molecule has 0 amide bonds. The Hall–Kier alpha value is -1.40. The van der Waals surface area contributed by atoms with Crippen LogP contribution in [0.2, 0.25) is 0 Å². The monoisotopic (exact) mass is 269 g/mol. The van der Waals surface area contributed by atoms with Crippen molar-refractivity contribution in [3.63, 3.8) is 0 Å². The second-order valence-electron chi connectivity index (χ2n) is 4.36. The minimum atomic E-state index is -3.72. The molecule has 0 saturated carbocycles. The SMILES string of the molecule is O=C(O)CNS(=O)(=O)c1ccc2c(c1)CCCC2. The van der Waals surface area contributed by atoms with Crippen molar-refractivity contribution in [2.24, 2.45) is 0 Å². The molecule has 0 saturated heterocycles. The van der Waals surface area contributed by atoms with Gasteiger partial charge in [-0.25, -0.2) is 8.42 Å². The highest BCUT2D eigenvalue weighted by Crippen LogP contribution is 2.23. The van der Waals surface area contributed by atoms with Crippen molar-refractivity contribution in [3.8, 4) is 0 Å². The topological polar surface area (TPSA) is 83.5 Å². The molecule has 2 rings (SSSR count). The average molecular weight is 269 g/mol. The fourth-order valence-corrected chi connectivity index (χ4v) is 3.14. The van der Waals surface area contributed by atoms with E-state index in [0.29, 0.717) is 0 Å². The summed E-state index contributed by atoms with van der Waals surface area (Å²) in [7, 11) is -3.72. The summed E-state index contributed by atoms with van der Waals surface area (Å²) in [6.07, 6.45) is 4.07. The Bertz CT molecular complexity index is 565. The van der Waals surface area contributed by atoms with Crippen molar-refractivity contribution in [1.82, 2.24) is 4.72 Å². The zero-order valence-electron chi connectivity index (χ0n) is 9.85. The van der Waals surface area contributed by atoms with E-state index in [1.54, 1.807) is 6.07 Å². The van der Waals surface area contributed by atoms with Crippen LogP contribution in [0.25, 0.3) is 0 Å². The number of carbonyl (C=O) groups is 1. The molecule has 0 atom stereocenters. The van der Waals surface area contributed by atoms with Crippen LogP contribution in [0.4, 0.5) is 0 Å². The van der Waals surface area contributed by atoms with Crippen LogP contribution in [-0.4, -0.2) is 26.0 Å². The smallest absolute Gasteiger partial charge is 0.318 e. The second-order valence-corrected chi connectivity index (χ2v) is 6.12. The maximum absolute atomic E-state index is 11.8. The molecule has 0 unspecified atom stereocenters. The summed E-state index contributed by atoms with van der Waals surface area (Å²) in [5.41, 5.74) is 2.25. The number of rotatable bonds is 4. The standard InChI is InChI=1S/C12H15NO4S/c14-12(15)8-13-18(16,17)11-6-5-9-3-1-2-4-10(9)7-11/h5-7,13H,1-4,8H2,(H,14,15). The number of benzene rings is 1. The summed E-state index contributed by atoms with van der Waals surface area (Å²) in [6.45, 7) is -0.598. The highest BCUT2D eigenvalue weighted by atomic mass is 32.2. The molecular formula is C12H15NO4S. The molecular weight excluding hydrogens is 254 g/mol. The number of hydrogen-bond donors (Lipinski definition) is 2. The largest absolute Gasteiger partial charge is 0.480 e. The maximum Gasteiger partial charge on any atom is 0.318 e. The van der Waals surface area contributed by atoms with Crippen LogP contribution in [0.15, 0.2) is 23.1 Å². The maximum atomic E-state index is 11.8. The first-order chi connectivity index (χ1) is 8.49. The Balaban J connectivity index is 2.25. The molecule has 0 radical (unpaired) electrons. The van der Waals surface area contributed by atoms with Crippen LogP contribution >= 0.6 is 0 Å². The Morgan fingerprint density at radius 2 is 1.89 bits per heavy atom. The van der Waals surface area contributed by atoms with Gasteiger partial charge in [0.15, 0.2) is 0 Å². The van der Waals surface area contributed by atoms with Crippen LogP contribution in [0.3, 0.4) is 0 Å². The molecule has 5 nitrogen and oxygen atoms in total. The molecule has 1 aliphatic rings. The van der Waals surface area contributed by atoms with Crippen molar-refractivity contribution < 1.29 is 18.3 Å². The number of carboxylic acids is 1. The van der Waals surface area contributed by atoms with Gasteiger partial charge in [-0.05, 0) is 48.9 Å². The Morgan fingerprint density at radius 1 is 1.22 bits per heavy atom. The number of aryl methyl sites for hydroxylation is 2. The van der Waals surface area contributed by atoms with Crippen LogP contribution in [0, 0.1) is 0 Å². The third-order valence-electron chi connectivity index (χ3n) is 3.04. The molecule has 0 fully saturated rings. The normalized spacial score (nSPS) is 15.1. The fraction of sp³-hybridized carbons (Fsp3) is 0.417.